The van der Waals surface area contributed by atoms with Gasteiger partial charge in [0.05, 0.1) is 52.3 Å². The molecule has 6 aromatic rings. The third-order valence-electron chi connectivity index (χ3n) is 14.9. The highest BCUT2D eigenvalue weighted by atomic mass is 32.2. The lowest BCUT2D eigenvalue weighted by Gasteiger charge is -2.29. The van der Waals surface area contributed by atoms with Crippen LogP contribution >= 0.6 is 11.8 Å². The Balaban J connectivity index is 0.798. The van der Waals surface area contributed by atoms with Crippen molar-refractivity contribution >= 4 is 72.1 Å². The van der Waals surface area contributed by atoms with Crippen molar-refractivity contribution in [2.24, 2.45) is 0 Å². The summed E-state index contributed by atoms with van der Waals surface area (Å²) in [6.45, 7) is 3.17. The molecular formula is C57H66N10O10S3. The molecule has 0 radical (unpaired) electrons. The number of sulfonamides is 1. The van der Waals surface area contributed by atoms with Crippen molar-refractivity contribution in [2.75, 3.05) is 25.4 Å². The van der Waals surface area contributed by atoms with E-state index in [0.29, 0.717) is 70.9 Å². The van der Waals surface area contributed by atoms with Gasteiger partial charge in [0.15, 0.2) is 5.78 Å². The second kappa shape index (κ2) is 25.6. The van der Waals surface area contributed by atoms with Crippen LogP contribution in [0.4, 0.5) is 4.79 Å². The maximum atomic E-state index is 14.6. The number of aliphatic hydroxyl groups excluding tert-OH is 1. The van der Waals surface area contributed by atoms with Gasteiger partial charge in [-0.15, -0.1) is 5.10 Å². The lowest BCUT2D eigenvalue weighted by molar-refractivity contribution is -0.129. The van der Waals surface area contributed by atoms with Crippen molar-refractivity contribution in [1.29, 1.82) is 0 Å². The molecule has 2 bridgehead atoms. The molecule has 23 heteroatoms. The van der Waals surface area contributed by atoms with E-state index in [1.807, 2.05) is 17.8 Å². The second-order valence-corrected chi connectivity index (χ2v) is 25.8. The van der Waals surface area contributed by atoms with Crippen molar-refractivity contribution in [1.82, 2.24) is 50.9 Å². The molecule has 0 aliphatic carbocycles. The Bertz CT molecular complexity index is 3460. The Morgan fingerprint density at radius 3 is 2.29 bits per heavy atom. The summed E-state index contributed by atoms with van der Waals surface area (Å²) in [5, 5.41) is 35.7. The summed E-state index contributed by atoms with van der Waals surface area (Å²) in [5.74, 6) is -0.664. The number of hydrogen-bond acceptors (Lipinski definition) is 14. The molecule has 2 unspecified atom stereocenters. The van der Waals surface area contributed by atoms with E-state index in [-0.39, 0.29) is 72.1 Å². The smallest absolute Gasteiger partial charge is 0.315 e. The molecule has 2 fully saturated rings. The number of unbranched alkanes of at least 4 members (excludes halogenated alkanes) is 3. The largest absolute Gasteiger partial charge is 0.390 e. The number of β-amino-alcohol motifs (C(OH)–C–C–N with tert-alkyl or cyclic N) is 1. The number of para-hydroxylation sites is 1. The fourth-order valence-corrected chi connectivity index (χ4v) is 15.6. The third-order valence-corrected chi connectivity index (χ3v) is 20.3. The van der Waals surface area contributed by atoms with E-state index in [1.165, 1.54) is 41.2 Å². The Kier molecular flexibility index (Phi) is 18.4. The number of nitrogens with zero attached hydrogens (tertiary/aromatic N) is 5. The predicted molar refractivity (Wildman–Crippen MR) is 301 cm³/mol. The molecule has 4 aromatic carbocycles. The molecule has 80 heavy (non-hydrogen) atoms. The normalized spacial score (nSPS) is 20.3. The highest BCUT2D eigenvalue weighted by molar-refractivity contribution is 8.00. The molecule has 2 saturated heterocycles. The maximum Gasteiger partial charge on any atom is 0.315 e. The maximum absolute atomic E-state index is 14.6. The fraction of sp³-hybridized carbons (Fsp3) is 0.404. The number of sulfone groups is 1. The number of benzene rings is 4. The van der Waals surface area contributed by atoms with E-state index in [1.54, 1.807) is 86.6 Å². The monoisotopic (exact) mass is 1150 g/mol. The minimum absolute atomic E-state index is 0.0220. The molecule has 9 rings (SSSR count). The lowest BCUT2D eigenvalue weighted by Crippen LogP contribution is -2.47. The molecule has 7 atom stereocenters. The van der Waals surface area contributed by atoms with Gasteiger partial charge in [-0.1, -0.05) is 110 Å². The lowest BCUT2D eigenvalue weighted by atomic mass is 9.99. The average Bonchev–Trinajstić information content (AvgIpc) is 4.28. The van der Waals surface area contributed by atoms with Crippen molar-refractivity contribution < 1.29 is 45.9 Å². The molecule has 6 N–H and O–H groups in total. The number of hydrogen-bond donors (Lipinski definition) is 6. The minimum Gasteiger partial charge on any atom is -0.390 e. The number of pyridine rings is 1. The van der Waals surface area contributed by atoms with Crippen LogP contribution in [-0.2, 0) is 47.2 Å². The first-order valence-corrected chi connectivity index (χ1v) is 31.0. The molecule has 2 aromatic heterocycles. The van der Waals surface area contributed by atoms with Crippen LogP contribution in [0.15, 0.2) is 130 Å². The molecule has 0 saturated carbocycles. The molecule has 5 amide bonds. The Morgan fingerprint density at radius 2 is 1.50 bits per heavy atom. The van der Waals surface area contributed by atoms with Gasteiger partial charge in [-0.3, -0.25) is 24.2 Å². The number of carbonyl (C=O) groups excluding carboxylic acids is 5. The molecule has 20 nitrogen and oxygen atoms in total. The van der Waals surface area contributed by atoms with Crippen molar-refractivity contribution in [3.63, 3.8) is 0 Å². The third kappa shape index (κ3) is 13.6. The van der Waals surface area contributed by atoms with E-state index in [4.69, 9.17) is 4.98 Å². The van der Waals surface area contributed by atoms with Gasteiger partial charge in [-0.05, 0) is 62.4 Å². The Hall–Kier alpha value is -7.05. The van der Waals surface area contributed by atoms with Crippen LogP contribution in [0.3, 0.4) is 0 Å². The average molecular weight is 1150 g/mol. The summed E-state index contributed by atoms with van der Waals surface area (Å²) < 4.78 is 60.3. The van der Waals surface area contributed by atoms with E-state index >= 15 is 0 Å². The van der Waals surface area contributed by atoms with Gasteiger partial charge < -0.3 is 31.7 Å². The zero-order valence-corrected chi connectivity index (χ0v) is 46.9. The minimum atomic E-state index is -4.57. The van der Waals surface area contributed by atoms with E-state index < -0.39 is 66.2 Å². The predicted octanol–water partition coefficient (Wildman–Crippen LogP) is 5.37. The summed E-state index contributed by atoms with van der Waals surface area (Å²) >= 11 is 1.86. The zero-order chi connectivity index (χ0) is 56.6. The first-order chi connectivity index (χ1) is 38.5. The number of aliphatic hydroxyl groups is 1. The van der Waals surface area contributed by atoms with Crippen molar-refractivity contribution in [3.8, 4) is 0 Å². The molecular weight excluding hydrogens is 1080 g/mol. The summed E-state index contributed by atoms with van der Waals surface area (Å²) in [6.07, 6.45) is 5.22. The molecule has 0 spiro atoms. The molecule has 3 aliphatic heterocycles. The Labute approximate surface area is 469 Å². The standard InChI is InChI=1S/C57H66N10O10S3/c1-36-32-66(80(76,77)49-19-10-9-18-48(49)79(74,75)50-20-13-16-39-27-28-43(36)61-53(39)50)34-46(68)37(2)67-33-42(64-65-67)31-59-56(72)44(30-38-23-25-41(26-24-38)55(71)40-14-5-3-6-15-40)60-52(70)22-7-4-12-29-58-51(69)21-11-8-17-47-54-45(35-78-47)62-57(73)63-54/h3,5-6,9-10,13-16,18-20,23-28,33,36-37,44-47,54,68H,4,7-8,11-12,17,21-22,29-32,34-35H2,1-2H3,(H,58,69)(H,59,72)(H,60,70)(H2,62,63,73)/t36?,37-,44-,45-,46?,47-,54-/m0/s1. The second-order valence-electron chi connectivity index (χ2n) is 20.7. The van der Waals surface area contributed by atoms with E-state index in [0.717, 1.165) is 29.3 Å². The number of rotatable bonds is 23. The molecule has 5 heterocycles. The Morgan fingerprint density at radius 1 is 0.787 bits per heavy atom. The quantitative estimate of drug-likeness (QED) is 0.0268. The van der Waals surface area contributed by atoms with Crippen LogP contribution in [0.1, 0.15) is 110 Å². The van der Waals surface area contributed by atoms with Crippen LogP contribution in [-0.4, -0.2) is 131 Å². The zero-order valence-electron chi connectivity index (χ0n) is 44.5. The number of amides is 5. The topological polar surface area (TPSA) is 281 Å². The number of nitrogens with one attached hydrogen (secondary N) is 5. The van der Waals surface area contributed by atoms with Gasteiger partial charge in [0.25, 0.3) is 0 Å². The number of ketones is 1. The first-order valence-electron chi connectivity index (χ1n) is 27.0. The van der Waals surface area contributed by atoms with Crippen LogP contribution in [0.25, 0.3) is 10.9 Å². The molecule has 422 valence electrons. The molecule has 3 aliphatic rings. The summed E-state index contributed by atoms with van der Waals surface area (Å²) in [6, 6.07) is 27.7. The SMILES string of the molecule is CC1CN(CC(O)[C@H](C)n2cc(CNC(=O)[C@H](Cc3ccc(C(=O)c4ccccc4)cc3)NC(=O)CCCCCNC(=O)CCCC[C@@H]3SC[C@@H]4NC(=O)N[C@@H]43)nn2)S(=O)(=O)c2ccccc2S(=O)(=O)c2cccc3ccc1nc23. The van der Waals surface area contributed by atoms with Gasteiger partial charge in [0.1, 0.15) is 16.6 Å². The van der Waals surface area contributed by atoms with Crippen molar-refractivity contribution in [2.45, 2.75) is 134 Å². The number of urea groups is 1. The van der Waals surface area contributed by atoms with E-state index in [2.05, 4.69) is 36.9 Å². The van der Waals surface area contributed by atoms with Gasteiger partial charge in [-0.2, -0.15) is 16.1 Å². The number of thioether (sulfide) groups is 1. The summed E-state index contributed by atoms with van der Waals surface area (Å²) in [7, 11) is -8.97. The van der Waals surface area contributed by atoms with Crippen LogP contribution in [0.5, 0.6) is 0 Å². The van der Waals surface area contributed by atoms with Crippen LogP contribution in [0.2, 0.25) is 0 Å². The van der Waals surface area contributed by atoms with Gasteiger partial charge in [-0.25, -0.2) is 26.3 Å². The summed E-state index contributed by atoms with van der Waals surface area (Å²) in [5.41, 5.74) is 2.69. The van der Waals surface area contributed by atoms with Gasteiger partial charge in [0, 0.05) is 78.0 Å². The first kappa shape index (κ1) is 57.6. The highest BCUT2D eigenvalue weighted by Crippen LogP contribution is 2.36. The van der Waals surface area contributed by atoms with Gasteiger partial charge in [0.2, 0.25) is 37.6 Å². The highest BCUT2D eigenvalue weighted by Gasteiger charge is 2.43. The van der Waals surface area contributed by atoms with Crippen molar-refractivity contribution in [3.05, 3.63) is 143 Å². The summed E-state index contributed by atoms with van der Waals surface area (Å²) in [4.78, 5) is 68.5. The van der Waals surface area contributed by atoms with E-state index in [9.17, 15) is 45.9 Å². The van der Waals surface area contributed by atoms with Crippen LogP contribution in [0, 0.1) is 0 Å². The fourth-order valence-electron chi connectivity index (χ4n) is 10.3. The number of fused-ring (bicyclic) bond motifs is 3. The number of carbonyl (C=O) groups is 5. The number of aromatic nitrogens is 4. The van der Waals surface area contributed by atoms with Crippen LogP contribution < -0.4 is 26.6 Å². The van der Waals surface area contributed by atoms with Gasteiger partial charge >= 0.3 is 6.03 Å².